The van der Waals surface area contributed by atoms with E-state index in [1.54, 1.807) is 0 Å². The predicted octanol–water partition coefficient (Wildman–Crippen LogP) is 1.08. The van der Waals surface area contributed by atoms with Crippen molar-refractivity contribution in [2.24, 2.45) is 5.92 Å². The lowest BCUT2D eigenvalue weighted by Gasteiger charge is -2.16. The van der Waals surface area contributed by atoms with Crippen LogP contribution in [-0.2, 0) is 9.53 Å². The molecule has 21 heavy (non-hydrogen) atoms. The van der Waals surface area contributed by atoms with Gasteiger partial charge in [-0.3, -0.25) is 9.59 Å². The molecule has 8 heteroatoms. The molecule has 2 atom stereocenters. The lowest BCUT2D eigenvalue weighted by molar-refractivity contribution is -0.142. The molecule has 2 rings (SSSR count). The van der Waals surface area contributed by atoms with Crippen LogP contribution < -0.4 is 5.32 Å². The molecule has 0 aromatic carbocycles. The number of halogens is 1. The highest BCUT2D eigenvalue weighted by atomic mass is 35.5. The number of carbonyl (C=O) groups excluding carboxylic acids is 1. The summed E-state index contributed by atoms with van der Waals surface area (Å²) in [4.78, 5) is 31.5. The van der Waals surface area contributed by atoms with E-state index in [1.165, 1.54) is 6.20 Å². The van der Waals surface area contributed by atoms with Crippen LogP contribution in [-0.4, -0.2) is 46.2 Å². The highest BCUT2D eigenvalue weighted by Crippen LogP contribution is 2.18. The lowest BCUT2D eigenvalue weighted by atomic mass is 10.0. The van der Waals surface area contributed by atoms with Crippen molar-refractivity contribution in [3.63, 3.8) is 0 Å². The van der Waals surface area contributed by atoms with Crippen LogP contribution in [0.15, 0.2) is 6.20 Å². The Morgan fingerprint density at radius 2 is 2.19 bits per heavy atom. The molecule has 2 N–H and O–H groups in total. The highest BCUT2D eigenvalue weighted by molar-refractivity contribution is 6.33. The molecule has 1 aliphatic heterocycles. The van der Waals surface area contributed by atoms with Crippen LogP contribution in [0, 0.1) is 5.92 Å². The average molecular weight is 314 g/mol. The zero-order chi connectivity index (χ0) is 15.6. The summed E-state index contributed by atoms with van der Waals surface area (Å²) in [7, 11) is 0. The average Bonchev–Trinajstić information content (AvgIpc) is 2.87. The van der Waals surface area contributed by atoms with Crippen molar-refractivity contribution in [1.29, 1.82) is 0 Å². The summed E-state index contributed by atoms with van der Waals surface area (Å²) >= 11 is 5.95. The third-order valence-corrected chi connectivity index (χ3v) is 3.49. The molecule has 1 saturated heterocycles. The molecule has 2 heterocycles. The standard InChI is InChI=1S/C13H16ClN3O4/c1-6(2)11-15-3-8(14)10(17-11)12(18)16-9-5-21-4-7(9)13(19)20/h3,6-7,9H,4-5H2,1-2H3,(H,16,18)(H,19,20). The monoisotopic (exact) mass is 313 g/mol. The zero-order valence-electron chi connectivity index (χ0n) is 11.7. The van der Waals surface area contributed by atoms with Gasteiger partial charge in [0.25, 0.3) is 5.91 Å². The van der Waals surface area contributed by atoms with Gasteiger partial charge >= 0.3 is 5.97 Å². The molecule has 0 saturated carbocycles. The molecule has 1 fully saturated rings. The van der Waals surface area contributed by atoms with Gasteiger partial charge in [-0.1, -0.05) is 25.4 Å². The Kier molecular flexibility index (Phi) is 4.74. The van der Waals surface area contributed by atoms with Crippen molar-refractivity contribution in [3.05, 3.63) is 22.7 Å². The molecular weight excluding hydrogens is 298 g/mol. The summed E-state index contributed by atoms with van der Waals surface area (Å²) in [6.45, 7) is 4.03. The van der Waals surface area contributed by atoms with E-state index in [4.69, 9.17) is 21.4 Å². The van der Waals surface area contributed by atoms with Crippen LogP contribution in [0.4, 0.5) is 0 Å². The van der Waals surface area contributed by atoms with Crippen LogP contribution in [0.5, 0.6) is 0 Å². The maximum Gasteiger partial charge on any atom is 0.311 e. The number of amides is 1. The van der Waals surface area contributed by atoms with E-state index in [1.807, 2.05) is 13.8 Å². The number of carboxylic acid groups (broad SMARTS) is 1. The van der Waals surface area contributed by atoms with E-state index in [0.717, 1.165) is 0 Å². The van der Waals surface area contributed by atoms with Gasteiger partial charge in [-0.15, -0.1) is 0 Å². The third-order valence-electron chi connectivity index (χ3n) is 3.21. The third kappa shape index (κ3) is 3.48. The van der Waals surface area contributed by atoms with Crippen LogP contribution >= 0.6 is 11.6 Å². The van der Waals surface area contributed by atoms with Crippen LogP contribution in [0.1, 0.15) is 36.1 Å². The first-order chi connectivity index (χ1) is 9.90. The number of hydrogen-bond acceptors (Lipinski definition) is 5. The summed E-state index contributed by atoms with van der Waals surface area (Å²) < 4.78 is 5.10. The Bertz CT molecular complexity index is 564. The number of rotatable bonds is 4. The first kappa shape index (κ1) is 15.7. The summed E-state index contributed by atoms with van der Waals surface area (Å²) in [5.74, 6) is -1.74. The van der Waals surface area contributed by atoms with Crippen LogP contribution in [0.2, 0.25) is 5.02 Å². The summed E-state index contributed by atoms with van der Waals surface area (Å²) in [6.07, 6.45) is 1.37. The van der Waals surface area contributed by atoms with Gasteiger partial charge in [0, 0.05) is 5.92 Å². The van der Waals surface area contributed by atoms with Crippen molar-refractivity contribution in [2.75, 3.05) is 13.2 Å². The minimum atomic E-state index is -1.01. The molecule has 114 valence electrons. The van der Waals surface area contributed by atoms with Crippen molar-refractivity contribution < 1.29 is 19.4 Å². The van der Waals surface area contributed by atoms with Crippen LogP contribution in [0.25, 0.3) is 0 Å². The SMILES string of the molecule is CC(C)c1ncc(Cl)c(C(=O)NC2COCC2C(=O)O)n1. The quantitative estimate of drug-likeness (QED) is 0.862. The smallest absolute Gasteiger partial charge is 0.311 e. The molecule has 0 bridgehead atoms. The maximum absolute atomic E-state index is 12.2. The molecule has 2 unspecified atom stereocenters. The number of carbonyl (C=O) groups is 2. The molecule has 0 radical (unpaired) electrons. The predicted molar refractivity (Wildman–Crippen MR) is 74.3 cm³/mol. The fourth-order valence-electron chi connectivity index (χ4n) is 1.99. The van der Waals surface area contributed by atoms with E-state index < -0.39 is 23.8 Å². The number of aromatic nitrogens is 2. The Balaban J connectivity index is 2.17. The molecule has 1 aromatic rings. The van der Waals surface area contributed by atoms with Gasteiger partial charge in [-0.05, 0) is 0 Å². The number of aliphatic carboxylic acids is 1. The Hall–Kier alpha value is -1.73. The summed E-state index contributed by atoms with van der Waals surface area (Å²) in [6, 6.07) is -0.594. The van der Waals surface area contributed by atoms with E-state index in [9.17, 15) is 9.59 Å². The van der Waals surface area contributed by atoms with Gasteiger partial charge in [0.2, 0.25) is 0 Å². The fourth-order valence-corrected chi connectivity index (χ4v) is 2.17. The van der Waals surface area contributed by atoms with Gasteiger partial charge < -0.3 is 15.2 Å². The lowest BCUT2D eigenvalue weighted by Crippen LogP contribution is -2.43. The Morgan fingerprint density at radius 1 is 1.48 bits per heavy atom. The van der Waals surface area contributed by atoms with Crippen molar-refractivity contribution in [1.82, 2.24) is 15.3 Å². The highest BCUT2D eigenvalue weighted by Gasteiger charge is 2.35. The molecule has 0 spiro atoms. The summed E-state index contributed by atoms with van der Waals surface area (Å²) in [5, 5.41) is 11.8. The van der Waals surface area contributed by atoms with Gasteiger partial charge in [0.05, 0.1) is 30.5 Å². The van der Waals surface area contributed by atoms with Gasteiger partial charge in [0.15, 0.2) is 0 Å². The van der Waals surface area contributed by atoms with Crippen molar-refractivity contribution in [2.45, 2.75) is 25.8 Å². The normalized spacial score (nSPS) is 21.5. The number of nitrogens with one attached hydrogen (secondary N) is 1. The topological polar surface area (TPSA) is 101 Å². The number of carboxylic acids is 1. The molecule has 7 nitrogen and oxygen atoms in total. The van der Waals surface area contributed by atoms with Gasteiger partial charge in [-0.2, -0.15) is 0 Å². The largest absolute Gasteiger partial charge is 0.481 e. The second-order valence-electron chi connectivity index (χ2n) is 5.14. The van der Waals surface area contributed by atoms with Crippen LogP contribution in [0.3, 0.4) is 0 Å². The van der Waals surface area contributed by atoms with Gasteiger partial charge in [0.1, 0.15) is 17.4 Å². The second kappa shape index (κ2) is 6.36. The molecule has 1 aliphatic rings. The zero-order valence-corrected chi connectivity index (χ0v) is 12.4. The second-order valence-corrected chi connectivity index (χ2v) is 5.55. The van der Waals surface area contributed by atoms with Crippen molar-refractivity contribution in [3.8, 4) is 0 Å². The first-order valence-electron chi connectivity index (χ1n) is 6.54. The fraction of sp³-hybridized carbons (Fsp3) is 0.538. The molecule has 1 aromatic heterocycles. The maximum atomic E-state index is 12.2. The van der Waals surface area contributed by atoms with Gasteiger partial charge in [-0.25, -0.2) is 9.97 Å². The first-order valence-corrected chi connectivity index (χ1v) is 6.91. The Morgan fingerprint density at radius 3 is 2.81 bits per heavy atom. The summed E-state index contributed by atoms with van der Waals surface area (Å²) in [5.41, 5.74) is 0.0476. The minimum absolute atomic E-state index is 0.0476. The van der Waals surface area contributed by atoms with E-state index in [-0.39, 0.29) is 29.8 Å². The van der Waals surface area contributed by atoms with E-state index in [2.05, 4.69) is 15.3 Å². The Labute approximate surface area is 126 Å². The number of nitrogens with zero attached hydrogens (tertiary/aromatic N) is 2. The van der Waals surface area contributed by atoms with E-state index in [0.29, 0.717) is 5.82 Å². The molecule has 1 amide bonds. The molecular formula is C13H16ClN3O4. The van der Waals surface area contributed by atoms with E-state index >= 15 is 0 Å². The molecule has 0 aliphatic carbocycles. The van der Waals surface area contributed by atoms with Crippen molar-refractivity contribution >= 4 is 23.5 Å². The number of ether oxygens (including phenoxy) is 1. The number of hydrogen-bond donors (Lipinski definition) is 2. The minimum Gasteiger partial charge on any atom is -0.481 e.